The molecule has 6 nitrogen and oxygen atoms in total. The summed E-state index contributed by atoms with van der Waals surface area (Å²) in [4.78, 5) is 3.99. The molecule has 4 aliphatic carbocycles. The molecule has 1 aromatic heterocycles. The van der Waals surface area contributed by atoms with Gasteiger partial charge < -0.3 is 29.0 Å². The van der Waals surface area contributed by atoms with E-state index in [2.05, 4.69) is 84.6 Å². The molecule has 7 aliphatic rings. The number of H-pyrrole nitrogens is 1. The second kappa shape index (κ2) is 8.41. The van der Waals surface area contributed by atoms with Crippen LogP contribution in [0.15, 0.2) is 29.8 Å². The minimum Gasteiger partial charge on any atom is -0.389 e. The van der Waals surface area contributed by atoms with E-state index in [1.54, 1.807) is 0 Å². The van der Waals surface area contributed by atoms with Crippen LogP contribution in [0.25, 0.3) is 10.9 Å². The van der Waals surface area contributed by atoms with Crippen molar-refractivity contribution in [2.75, 3.05) is 0 Å². The van der Waals surface area contributed by atoms with E-state index in [9.17, 15) is 5.11 Å². The van der Waals surface area contributed by atoms with Gasteiger partial charge in [0.05, 0.1) is 29.0 Å². The zero-order chi connectivity index (χ0) is 30.8. The van der Waals surface area contributed by atoms with Crippen LogP contribution >= 0.6 is 0 Å². The third kappa shape index (κ3) is 3.21. The minimum absolute atomic E-state index is 0.0304. The fourth-order valence-electron chi connectivity index (χ4n) is 11.8. The molecular weight excluding hydrogens is 550 g/mol. The Morgan fingerprint density at radius 1 is 0.977 bits per heavy atom. The van der Waals surface area contributed by atoms with Gasteiger partial charge in [-0.15, -0.1) is 0 Å². The lowest BCUT2D eigenvalue weighted by atomic mass is 9.40. The number of aromatic amines is 1. The summed E-state index contributed by atoms with van der Waals surface area (Å²) in [5, 5.41) is 14.9. The van der Waals surface area contributed by atoms with E-state index in [4.69, 9.17) is 18.9 Å². The number of allylic oxidation sites excluding steroid dienone is 2. The second-order valence-corrected chi connectivity index (χ2v) is 17.4. The summed E-state index contributed by atoms with van der Waals surface area (Å²) in [5.74, 6) is 0.789. The Morgan fingerprint density at radius 2 is 1.73 bits per heavy atom. The lowest BCUT2D eigenvalue weighted by Crippen LogP contribution is -2.74. The second-order valence-electron chi connectivity index (χ2n) is 17.4. The van der Waals surface area contributed by atoms with E-state index in [-0.39, 0.29) is 52.2 Å². The molecule has 238 valence electrons. The molecule has 0 amide bonds. The molecule has 6 fully saturated rings. The largest absolute Gasteiger partial charge is 0.389 e. The summed E-state index contributed by atoms with van der Waals surface area (Å²) < 4.78 is 26.4. The quantitative estimate of drug-likeness (QED) is 0.296. The summed E-state index contributed by atoms with van der Waals surface area (Å²) in [6, 6.07) is 6.76. The average Bonchev–Trinajstić information content (AvgIpc) is 3.78. The third-order valence-electron chi connectivity index (χ3n) is 14.5. The summed E-state index contributed by atoms with van der Waals surface area (Å²) in [5.41, 5.74) is 4.68. The van der Waals surface area contributed by atoms with Gasteiger partial charge in [0.15, 0.2) is 6.29 Å². The van der Waals surface area contributed by atoms with Crippen LogP contribution in [0.2, 0.25) is 0 Å². The van der Waals surface area contributed by atoms with Crippen molar-refractivity contribution in [1.29, 1.82) is 0 Å². The fraction of sp³-hybridized carbons (Fsp3) is 0.737. The highest BCUT2D eigenvalue weighted by Crippen LogP contribution is 2.81. The predicted octanol–water partition coefficient (Wildman–Crippen LogP) is 6.90. The van der Waals surface area contributed by atoms with Gasteiger partial charge in [-0.2, -0.15) is 0 Å². The molecule has 11 atom stereocenters. The SMILES string of the molecule is CC(C)=CCc1cccc2[nH]c3c(c12)C[C@@H]1CC[C@@]2(O)[C@@]45C[C@@H]4[C@@H]4O[C@H](C6OC6(C)C)OC(C)(C)[C@H]4O[C@H]5CC[C@]2(C)[C@@]31C. The maximum Gasteiger partial charge on any atom is 0.187 e. The molecule has 1 aromatic carbocycles. The van der Waals surface area contributed by atoms with Gasteiger partial charge in [-0.1, -0.05) is 37.6 Å². The van der Waals surface area contributed by atoms with Crippen LogP contribution in [0, 0.1) is 22.7 Å². The molecule has 3 aliphatic heterocycles. The Kier molecular flexibility index (Phi) is 5.45. The number of benzene rings is 1. The van der Waals surface area contributed by atoms with Crippen LogP contribution in [-0.4, -0.2) is 57.6 Å². The lowest BCUT2D eigenvalue weighted by Gasteiger charge is -2.68. The number of epoxide rings is 1. The fourth-order valence-corrected chi connectivity index (χ4v) is 11.8. The van der Waals surface area contributed by atoms with Crippen molar-refractivity contribution in [1.82, 2.24) is 4.98 Å². The normalized spacial score (nSPS) is 48.7. The smallest absolute Gasteiger partial charge is 0.187 e. The molecule has 2 aromatic rings. The van der Waals surface area contributed by atoms with Crippen LogP contribution < -0.4 is 0 Å². The lowest BCUT2D eigenvalue weighted by molar-refractivity contribution is -0.372. The van der Waals surface area contributed by atoms with Gasteiger partial charge in [-0.05, 0) is 116 Å². The number of rotatable bonds is 3. The van der Waals surface area contributed by atoms with Gasteiger partial charge in [0, 0.05) is 32.8 Å². The molecule has 6 heteroatoms. The van der Waals surface area contributed by atoms with Crippen molar-refractivity contribution in [3.05, 3.63) is 46.7 Å². The molecule has 3 saturated heterocycles. The van der Waals surface area contributed by atoms with Gasteiger partial charge in [0.1, 0.15) is 12.2 Å². The number of aromatic nitrogens is 1. The predicted molar refractivity (Wildman–Crippen MR) is 169 cm³/mol. The van der Waals surface area contributed by atoms with Crippen molar-refractivity contribution >= 4 is 10.9 Å². The topological polar surface area (TPSA) is 76.2 Å². The number of ether oxygens (including phenoxy) is 4. The average molecular weight is 602 g/mol. The zero-order valence-corrected chi connectivity index (χ0v) is 27.9. The van der Waals surface area contributed by atoms with Gasteiger partial charge in [0.25, 0.3) is 0 Å². The Bertz CT molecular complexity index is 1600. The minimum atomic E-state index is -0.829. The summed E-state index contributed by atoms with van der Waals surface area (Å²) in [6.45, 7) is 17.8. The van der Waals surface area contributed by atoms with Crippen molar-refractivity contribution in [2.45, 2.75) is 153 Å². The number of fused-ring (bicyclic) bond motifs is 9. The molecule has 0 bridgehead atoms. The maximum atomic E-state index is 13.4. The Balaban J connectivity index is 1.11. The molecule has 0 radical (unpaired) electrons. The Morgan fingerprint density at radius 3 is 2.45 bits per heavy atom. The van der Waals surface area contributed by atoms with E-state index in [1.807, 2.05) is 0 Å². The first kappa shape index (κ1) is 28.5. The summed E-state index contributed by atoms with van der Waals surface area (Å²) in [6.07, 6.45) is 8.51. The monoisotopic (exact) mass is 601 g/mol. The van der Waals surface area contributed by atoms with Crippen molar-refractivity contribution in [3.8, 4) is 0 Å². The molecule has 4 heterocycles. The number of aliphatic hydroxyl groups is 1. The molecule has 9 rings (SSSR count). The Hall–Kier alpha value is -1.70. The Labute approximate surface area is 262 Å². The first-order valence-corrected chi connectivity index (χ1v) is 17.3. The van der Waals surface area contributed by atoms with Crippen LogP contribution in [-0.2, 0) is 37.2 Å². The van der Waals surface area contributed by atoms with Crippen molar-refractivity contribution < 1.29 is 24.1 Å². The zero-order valence-electron chi connectivity index (χ0n) is 27.9. The number of nitrogens with one attached hydrogen (secondary N) is 1. The van der Waals surface area contributed by atoms with Crippen molar-refractivity contribution in [2.24, 2.45) is 22.7 Å². The molecular formula is C38H51NO5. The highest BCUT2D eigenvalue weighted by molar-refractivity contribution is 5.89. The van der Waals surface area contributed by atoms with E-state index in [0.29, 0.717) is 5.92 Å². The van der Waals surface area contributed by atoms with Crippen LogP contribution in [0.4, 0.5) is 0 Å². The van der Waals surface area contributed by atoms with E-state index in [0.717, 1.165) is 44.9 Å². The van der Waals surface area contributed by atoms with Gasteiger partial charge in [-0.3, -0.25) is 0 Å². The standard InChI is InChI=1S/C38H51NO5/c1-20(2)12-13-21-10-9-11-25-27(21)23-18-22-14-17-38(40)35(7,36(22,8)29(23)39-25)16-15-26-37(38)19-24(37)28-30(41-26)33(3,4)44-32(42-28)31-34(5,6)43-31/h9-12,22,24,26,28,30-32,39-40H,13-19H2,1-8H3/t22-,24+,26-,28-,30-,31?,32-,35+,36+,37-,38-/m0/s1. The highest BCUT2D eigenvalue weighted by atomic mass is 16.8. The van der Waals surface area contributed by atoms with E-state index < -0.39 is 17.5 Å². The summed E-state index contributed by atoms with van der Waals surface area (Å²) in [7, 11) is 0. The first-order chi connectivity index (χ1) is 20.7. The van der Waals surface area contributed by atoms with Gasteiger partial charge >= 0.3 is 0 Å². The van der Waals surface area contributed by atoms with Crippen LogP contribution in [0.5, 0.6) is 0 Å². The number of hydrogen-bond donors (Lipinski definition) is 2. The van der Waals surface area contributed by atoms with Gasteiger partial charge in [-0.25, -0.2) is 0 Å². The molecule has 2 N–H and O–H groups in total. The summed E-state index contributed by atoms with van der Waals surface area (Å²) >= 11 is 0. The number of hydrogen-bond acceptors (Lipinski definition) is 5. The first-order valence-electron chi connectivity index (χ1n) is 17.3. The van der Waals surface area contributed by atoms with Crippen LogP contribution in [0.3, 0.4) is 0 Å². The third-order valence-corrected chi connectivity index (χ3v) is 14.5. The van der Waals surface area contributed by atoms with Crippen LogP contribution in [0.1, 0.15) is 104 Å². The molecule has 44 heavy (non-hydrogen) atoms. The van der Waals surface area contributed by atoms with Crippen molar-refractivity contribution in [3.63, 3.8) is 0 Å². The van der Waals surface area contributed by atoms with Gasteiger partial charge in [0.2, 0.25) is 0 Å². The molecule has 1 spiro atoms. The highest BCUT2D eigenvalue weighted by Gasteiger charge is 2.85. The molecule has 3 saturated carbocycles. The van der Waals surface area contributed by atoms with E-state index >= 15 is 0 Å². The van der Waals surface area contributed by atoms with E-state index in [1.165, 1.54) is 33.3 Å². The maximum absolute atomic E-state index is 13.4. The molecule has 1 unspecified atom stereocenters.